The molecule has 0 fully saturated rings. The molecular formula is C19H20O6. The van der Waals surface area contributed by atoms with Gasteiger partial charge in [0.15, 0.2) is 28.8 Å². The van der Waals surface area contributed by atoms with Gasteiger partial charge < -0.3 is 24.1 Å². The fourth-order valence-corrected chi connectivity index (χ4v) is 2.27. The lowest BCUT2D eigenvalue weighted by atomic mass is 10.1. The van der Waals surface area contributed by atoms with E-state index in [1.54, 1.807) is 36.4 Å². The Bertz CT molecular complexity index is 769. The molecule has 1 N–H and O–H groups in total. The van der Waals surface area contributed by atoms with Gasteiger partial charge in [-0.2, -0.15) is 0 Å². The standard InChI is InChI=1S/C19H20O6/c1-22-15-8-6-13(11-16(15)23-2)14(20)7-5-12-9-17(24-3)19(21)18(10-12)25-4/h5-11,21H,1-4H3. The summed E-state index contributed by atoms with van der Waals surface area (Å²) in [5.41, 5.74) is 1.12. The van der Waals surface area contributed by atoms with Crippen LogP contribution in [-0.2, 0) is 0 Å². The van der Waals surface area contributed by atoms with E-state index in [9.17, 15) is 9.90 Å². The van der Waals surface area contributed by atoms with Gasteiger partial charge in [0.05, 0.1) is 28.4 Å². The van der Waals surface area contributed by atoms with Gasteiger partial charge in [0.25, 0.3) is 0 Å². The molecule has 25 heavy (non-hydrogen) atoms. The lowest BCUT2D eigenvalue weighted by molar-refractivity contribution is 0.104. The maximum absolute atomic E-state index is 12.4. The van der Waals surface area contributed by atoms with Crippen LogP contribution in [0.1, 0.15) is 15.9 Å². The number of ether oxygens (including phenoxy) is 4. The summed E-state index contributed by atoms with van der Waals surface area (Å²) >= 11 is 0. The Hall–Kier alpha value is -3.15. The van der Waals surface area contributed by atoms with Gasteiger partial charge in [0, 0.05) is 5.56 Å². The Morgan fingerprint density at radius 2 is 1.40 bits per heavy atom. The van der Waals surface area contributed by atoms with Crippen LogP contribution in [0.25, 0.3) is 6.08 Å². The number of phenolic OH excluding ortho intramolecular Hbond substituents is 1. The lowest BCUT2D eigenvalue weighted by Gasteiger charge is -2.09. The molecule has 0 aliphatic heterocycles. The van der Waals surface area contributed by atoms with E-state index in [0.29, 0.717) is 22.6 Å². The molecule has 0 saturated heterocycles. The van der Waals surface area contributed by atoms with Gasteiger partial charge in [-0.1, -0.05) is 6.08 Å². The molecule has 2 rings (SSSR count). The number of carbonyl (C=O) groups is 1. The second-order valence-corrected chi connectivity index (χ2v) is 5.04. The van der Waals surface area contributed by atoms with E-state index < -0.39 is 0 Å². The highest BCUT2D eigenvalue weighted by molar-refractivity contribution is 6.07. The summed E-state index contributed by atoms with van der Waals surface area (Å²) in [5, 5.41) is 9.91. The Labute approximate surface area is 146 Å². The summed E-state index contributed by atoms with van der Waals surface area (Å²) < 4.78 is 20.6. The molecule has 0 saturated carbocycles. The molecule has 2 aromatic rings. The topological polar surface area (TPSA) is 74.2 Å². The lowest BCUT2D eigenvalue weighted by Crippen LogP contribution is -1.97. The number of benzene rings is 2. The zero-order valence-corrected chi connectivity index (χ0v) is 14.5. The predicted molar refractivity (Wildman–Crippen MR) is 94.1 cm³/mol. The van der Waals surface area contributed by atoms with Crippen LogP contribution in [0.2, 0.25) is 0 Å². The number of carbonyl (C=O) groups excluding carboxylic acids is 1. The average molecular weight is 344 g/mol. The molecule has 0 amide bonds. The van der Waals surface area contributed by atoms with Crippen LogP contribution in [-0.4, -0.2) is 39.3 Å². The first kappa shape index (κ1) is 18.2. The van der Waals surface area contributed by atoms with Gasteiger partial charge in [-0.05, 0) is 42.0 Å². The van der Waals surface area contributed by atoms with Crippen molar-refractivity contribution < 1.29 is 28.8 Å². The van der Waals surface area contributed by atoms with Crippen molar-refractivity contribution in [2.24, 2.45) is 0 Å². The Morgan fingerprint density at radius 1 is 0.840 bits per heavy atom. The number of phenols is 1. The molecule has 0 aromatic heterocycles. The van der Waals surface area contributed by atoms with Crippen molar-refractivity contribution in [2.45, 2.75) is 0 Å². The van der Waals surface area contributed by atoms with Crippen molar-refractivity contribution in [3.63, 3.8) is 0 Å². The van der Waals surface area contributed by atoms with Gasteiger partial charge >= 0.3 is 0 Å². The quantitative estimate of drug-likeness (QED) is 0.613. The molecule has 0 atom stereocenters. The van der Waals surface area contributed by atoms with Crippen LogP contribution in [0.4, 0.5) is 0 Å². The summed E-state index contributed by atoms with van der Waals surface area (Å²) in [4.78, 5) is 12.4. The number of rotatable bonds is 7. The molecule has 0 bridgehead atoms. The van der Waals surface area contributed by atoms with E-state index >= 15 is 0 Å². The van der Waals surface area contributed by atoms with Crippen molar-refractivity contribution in [3.05, 3.63) is 47.5 Å². The summed E-state index contributed by atoms with van der Waals surface area (Å²) in [6.45, 7) is 0. The fraction of sp³-hybridized carbons (Fsp3) is 0.211. The normalized spacial score (nSPS) is 10.6. The van der Waals surface area contributed by atoms with E-state index in [2.05, 4.69) is 0 Å². The van der Waals surface area contributed by atoms with E-state index in [-0.39, 0.29) is 23.0 Å². The van der Waals surface area contributed by atoms with Crippen molar-refractivity contribution in [2.75, 3.05) is 28.4 Å². The molecule has 132 valence electrons. The first-order valence-electron chi connectivity index (χ1n) is 7.43. The number of hydrogen-bond acceptors (Lipinski definition) is 6. The molecular weight excluding hydrogens is 324 g/mol. The van der Waals surface area contributed by atoms with E-state index in [1.807, 2.05) is 0 Å². The number of aromatic hydroxyl groups is 1. The molecule has 6 heteroatoms. The maximum atomic E-state index is 12.4. The highest BCUT2D eigenvalue weighted by Gasteiger charge is 2.11. The van der Waals surface area contributed by atoms with Crippen molar-refractivity contribution in [3.8, 4) is 28.7 Å². The third kappa shape index (κ3) is 4.03. The second-order valence-electron chi connectivity index (χ2n) is 5.04. The molecule has 0 spiro atoms. The average Bonchev–Trinajstić information content (AvgIpc) is 2.66. The summed E-state index contributed by atoms with van der Waals surface area (Å²) in [6, 6.07) is 8.16. The van der Waals surface area contributed by atoms with Crippen LogP contribution in [0, 0.1) is 0 Å². The minimum Gasteiger partial charge on any atom is -0.502 e. The van der Waals surface area contributed by atoms with E-state index in [1.165, 1.54) is 34.5 Å². The van der Waals surface area contributed by atoms with Crippen LogP contribution in [0.3, 0.4) is 0 Å². The molecule has 2 aromatic carbocycles. The monoisotopic (exact) mass is 344 g/mol. The zero-order chi connectivity index (χ0) is 18.4. The van der Waals surface area contributed by atoms with Crippen molar-refractivity contribution >= 4 is 11.9 Å². The summed E-state index contributed by atoms with van der Waals surface area (Å²) in [7, 11) is 5.93. The number of hydrogen-bond donors (Lipinski definition) is 1. The largest absolute Gasteiger partial charge is 0.502 e. The highest BCUT2D eigenvalue weighted by Crippen LogP contribution is 2.37. The molecule has 0 unspecified atom stereocenters. The summed E-state index contributed by atoms with van der Waals surface area (Å²) in [5.74, 6) is 1.27. The van der Waals surface area contributed by atoms with Crippen LogP contribution in [0.15, 0.2) is 36.4 Å². The number of ketones is 1. The molecule has 0 heterocycles. The van der Waals surface area contributed by atoms with Crippen LogP contribution in [0.5, 0.6) is 28.7 Å². The Morgan fingerprint density at radius 3 is 1.92 bits per heavy atom. The Kier molecular flexibility index (Phi) is 5.89. The third-order valence-electron chi connectivity index (χ3n) is 3.60. The molecule has 0 aliphatic rings. The van der Waals surface area contributed by atoms with Gasteiger partial charge in [-0.15, -0.1) is 0 Å². The number of methoxy groups -OCH3 is 4. The van der Waals surface area contributed by atoms with Gasteiger partial charge in [-0.3, -0.25) is 4.79 Å². The Balaban J connectivity index is 2.28. The molecule has 0 radical (unpaired) electrons. The summed E-state index contributed by atoms with van der Waals surface area (Å²) in [6.07, 6.45) is 3.04. The fourth-order valence-electron chi connectivity index (χ4n) is 2.27. The molecule has 0 aliphatic carbocycles. The van der Waals surface area contributed by atoms with Gasteiger partial charge in [0.2, 0.25) is 5.75 Å². The minimum absolute atomic E-state index is 0.0895. The van der Waals surface area contributed by atoms with Crippen molar-refractivity contribution in [1.29, 1.82) is 0 Å². The SMILES string of the molecule is COc1ccc(C(=O)C=Cc2cc(OC)c(O)c(OC)c2)cc1OC. The van der Waals surface area contributed by atoms with E-state index in [4.69, 9.17) is 18.9 Å². The molecule has 6 nitrogen and oxygen atoms in total. The predicted octanol–water partition coefficient (Wildman–Crippen LogP) is 3.32. The van der Waals surface area contributed by atoms with Crippen LogP contribution >= 0.6 is 0 Å². The highest BCUT2D eigenvalue weighted by atomic mass is 16.5. The van der Waals surface area contributed by atoms with Gasteiger partial charge in [0.1, 0.15) is 0 Å². The van der Waals surface area contributed by atoms with Crippen molar-refractivity contribution in [1.82, 2.24) is 0 Å². The number of allylic oxidation sites excluding steroid dienone is 1. The first-order valence-corrected chi connectivity index (χ1v) is 7.43. The first-order chi connectivity index (χ1) is 12.0. The maximum Gasteiger partial charge on any atom is 0.200 e. The smallest absolute Gasteiger partial charge is 0.200 e. The van der Waals surface area contributed by atoms with Gasteiger partial charge in [-0.25, -0.2) is 0 Å². The van der Waals surface area contributed by atoms with E-state index in [0.717, 1.165) is 0 Å². The minimum atomic E-state index is -0.202. The third-order valence-corrected chi connectivity index (χ3v) is 3.60. The second kappa shape index (κ2) is 8.10. The van der Waals surface area contributed by atoms with Crippen LogP contribution < -0.4 is 18.9 Å². The zero-order valence-electron chi connectivity index (χ0n) is 14.5.